The van der Waals surface area contributed by atoms with E-state index in [4.69, 9.17) is 5.73 Å². The maximum atomic E-state index is 13.6. The van der Waals surface area contributed by atoms with E-state index in [9.17, 15) is 13.2 Å². The minimum absolute atomic E-state index is 0.102. The van der Waals surface area contributed by atoms with Gasteiger partial charge in [0, 0.05) is 5.56 Å². The molecule has 1 aromatic heterocycles. The summed E-state index contributed by atoms with van der Waals surface area (Å²) >= 11 is 1.03. The summed E-state index contributed by atoms with van der Waals surface area (Å²) in [5.41, 5.74) is 6.39. The van der Waals surface area contributed by atoms with Gasteiger partial charge < -0.3 is 5.73 Å². The highest BCUT2D eigenvalue weighted by Gasteiger charge is 2.23. The molecule has 3 nitrogen and oxygen atoms in total. The van der Waals surface area contributed by atoms with E-state index in [1.165, 1.54) is 0 Å². The molecule has 0 amide bonds. The van der Waals surface area contributed by atoms with Gasteiger partial charge in [0.15, 0.2) is 17.5 Å². The van der Waals surface area contributed by atoms with Gasteiger partial charge in [-0.2, -0.15) is 0 Å². The van der Waals surface area contributed by atoms with Crippen LogP contribution in [0.4, 0.5) is 13.2 Å². The van der Waals surface area contributed by atoms with E-state index in [-0.39, 0.29) is 5.56 Å². The van der Waals surface area contributed by atoms with Gasteiger partial charge in [-0.25, -0.2) is 13.2 Å². The second kappa shape index (κ2) is 5.03. The summed E-state index contributed by atoms with van der Waals surface area (Å²) in [5.74, 6) is -4.02. The van der Waals surface area contributed by atoms with Crippen LogP contribution in [0.5, 0.6) is 0 Å². The van der Waals surface area contributed by atoms with E-state index in [0.717, 1.165) is 23.7 Å². The highest BCUT2D eigenvalue weighted by Crippen LogP contribution is 2.28. The number of hydrogen-bond acceptors (Lipinski definition) is 4. The predicted octanol–water partition coefficient (Wildman–Crippen LogP) is 2.57. The van der Waals surface area contributed by atoms with Gasteiger partial charge in [0.25, 0.3) is 0 Å². The van der Waals surface area contributed by atoms with Gasteiger partial charge in [-0.15, -0.1) is 5.10 Å². The summed E-state index contributed by atoms with van der Waals surface area (Å²) in [6.45, 7) is 1.86. The molecule has 0 saturated heterocycles. The van der Waals surface area contributed by atoms with Crippen LogP contribution in [0.3, 0.4) is 0 Å². The summed E-state index contributed by atoms with van der Waals surface area (Å²) < 4.78 is 43.3. The molecule has 2 aromatic rings. The third-order valence-electron chi connectivity index (χ3n) is 2.60. The molecule has 1 aromatic carbocycles. The Hall–Kier alpha value is -1.47. The Morgan fingerprint density at radius 2 is 2.00 bits per heavy atom. The van der Waals surface area contributed by atoms with Gasteiger partial charge in [0.05, 0.1) is 16.6 Å². The zero-order valence-corrected chi connectivity index (χ0v) is 10.3. The molecular formula is C11H10F3N3S. The minimum Gasteiger partial charge on any atom is -0.319 e. The maximum Gasteiger partial charge on any atom is 0.194 e. The second-order valence-corrected chi connectivity index (χ2v) is 4.47. The van der Waals surface area contributed by atoms with Gasteiger partial charge in [0.2, 0.25) is 0 Å². The van der Waals surface area contributed by atoms with Crippen LogP contribution < -0.4 is 5.73 Å². The van der Waals surface area contributed by atoms with Crippen molar-refractivity contribution in [2.75, 3.05) is 0 Å². The van der Waals surface area contributed by atoms with Crippen LogP contribution in [0.25, 0.3) is 0 Å². The normalized spacial score (nSPS) is 12.7. The first-order chi connectivity index (χ1) is 8.56. The molecule has 2 N–H and O–H groups in total. The highest BCUT2D eigenvalue weighted by atomic mass is 32.1. The number of benzene rings is 1. The fourth-order valence-electron chi connectivity index (χ4n) is 1.62. The average Bonchev–Trinajstić information content (AvgIpc) is 2.83. The van der Waals surface area contributed by atoms with Crippen molar-refractivity contribution < 1.29 is 13.2 Å². The van der Waals surface area contributed by atoms with Crippen LogP contribution >= 0.6 is 11.5 Å². The molecule has 2 rings (SSSR count). The summed E-state index contributed by atoms with van der Waals surface area (Å²) in [6.07, 6.45) is 0.588. The lowest BCUT2D eigenvalue weighted by Gasteiger charge is -2.12. The zero-order valence-electron chi connectivity index (χ0n) is 9.45. The molecule has 0 saturated carbocycles. The smallest absolute Gasteiger partial charge is 0.194 e. The van der Waals surface area contributed by atoms with Crippen molar-refractivity contribution in [2.24, 2.45) is 5.73 Å². The van der Waals surface area contributed by atoms with Crippen molar-refractivity contribution in [1.82, 2.24) is 9.59 Å². The molecule has 96 valence electrons. The second-order valence-electron chi connectivity index (χ2n) is 3.68. The van der Waals surface area contributed by atoms with Crippen LogP contribution in [-0.4, -0.2) is 9.59 Å². The molecule has 0 aliphatic carbocycles. The van der Waals surface area contributed by atoms with Gasteiger partial charge in [-0.05, 0) is 24.0 Å². The summed E-state index contributed by atoms with van der Waals surface area (Å²) in [4.78, 5) is 0.558. The number of nitrogens with zero attached hydrogens (tertiary/aromatic N) is 2. The fraction of sp³-hybridized carbons (Fsp3) is 0.273. The first kappa shape index (κ1) is 13.0. The number of aryl methyl sites for hydroxylation is 1. The van der Waals surface area contributed by atoms with E-state index < -0.39 is 23.5 Å². The number of aromatic nitrogens is 2. The van der Waals surface area contributed by atoms with Gasteiger partial charge in [-0.1, -0.05) is 17.5 Å². The number of nitrogens with two attached hydrogens (primary N) is 1. The molecule has 0 bridgehead atoms. The fourth-order valence-corrected chi connectivity index (χ4v) is 2.38. The lowest BCUT2D eigenvalue weighted by Crippen LogP contribution is -2.15. The molecule has 0 aliphatic rings. The summed E-state index contributed by atoms with van der Waals surface area (Å²) in [5, 5.41) is 3.85. The Morgan fingerprint density at radius 3 is 2.67 bits per heavy atom. The summed E-state index contributed by atoms with van der Waals surface area (Å²) in [6, 6.07) is 1.10. The number of rotatable bonds is 3. The van der Waals surface area contributed by atoms with E-state index in [1.54, 1.807) is 0 Å². The Labute approximate surface area is 106 Å². The third-order valence-corrected chi connectivity index (χ3v) is 3.45. The number of halogens is 3. The lowest BCUT2D eigenvalue weighted by molar-refractivity contribution is 0.438. The van der Waals surface area contributed by atoms with Crippen LogP contribution in [0.15, 0.2) is 12.1 Å². The minimum atomic E-state index is -1.52. The van der Waals surface area contributed by atoms with E-state index in [0.29, 0.717) is 17.0 Å². The molecule has 0 radical (unpaired) electrons. The van der Waals surface area contributed by atoms with Gasteiger partial charge in [0.1, 0.15) is 0 Å². The molecule has 7 heteroatoms. The monoisotopic (exact) mass is 273 g/mol. The first-order valence-corrected chi connectivity index (χ1v) is 6.03. The van der Waals surface area contributed by atoms with Crippen molar-refractivity contribution >= 4 is 11.5 Å². The van der Waals surface area contributed by atoms with Gasteiger partial charge >= 0.3 is 0 Å². The molecule has 0 fully saturated rings. The maximum absolute atomic E-state index is 13.6. The van der Waals surface area contributed by atoms with Crippen LogP contribution in [-0.2, 0) is 6.42 Å². The quantitative estimate of drug-likeness (QED) is 0.874. The Balaban J connectivity index is 2.46. The van der Waals surface area contributed by atoms with Crippen molar-refractivity contribution in [3.05, 3.63) is 45.7 Å². The first-order valence-electron chi connectivity index (χ1n) is 5.26. The van der Waals surface area contributed by atoms with E-state index >= 15 is 0 Å². The van der Waals surface area contributed by atoms with Crippen LogP contribution in [0.2, 0.25) is 0 Å². The molecule has 0 aliphatic heterocycles. The Morgan fingerprint density at radius 1 is 1.28 bits per heavy atom. The molecule has 1 heterocycles. The molecule has 1 unspecified atom stereocenters. The Kier molecular flexibility index (Phi) is 3.63. The Bertz CT molecular complexity index is 571. The highest BCUT2D eigenvalue weighted by molar-refractivity contribution is 7.05. The van der Waals surface area contributed by atoms with Crippen molar-refractivity contribution in [1.29, 1.82) is 0 Å². The van der Waals surface area contributed by atoms with Crippen molar-refractivity contribution in [2.45, 2.75) is 19.4 Å². The third kappa shape index (κ3) is 2.11. The van der Waals surface area contributed by atoms with Crippen LogP contribution in [0, 0.1) is 17.5 Å². The molecule has 1 atom stereocenters. The van der Waals surface area contributed by atoms with Crippen LogP contribution in [0.1, 0.15) is 29.1 Å². The largest absolute Gasteiger partial charge is 0.319 e. The summed E-state index contributed by atoms with van der Waals surface area (Å²) in [7, 11) is 0. The van der Waals surface area contributed by atoms with Crippen molar-refractivity contribution in [3.63, 3.8) is 0 Å². The molecule has 18 heavy (non-hydrogen) atoms. The zero-order chi connectivity index (χ0) is 13.3. The lowest BCUT2D eigenvalue weighted by atomic mass is 10.0. The number of hydrogen-bond donors (Lipinski definition) is 1. The topological polar surface area (TPSA) is 51.8 Å². The average molecular weight is 273 g/mol. The van der Waals surface area contributed by atoms with E-state index in [2.05, 4.69) is 9.59 Å². The SMILES string of the molecule is CCc1nnsc1C(N)c1ccc(F)c(F)c1F. The van der Waals surface area contributed by atoms with Crippen molar-refractivity contribution in [3.8, 4) is 0 Å². The molecular weight excluding hydrogens is 263 g/mol. The standard InChI is InChI=1S/C11H10F3N3S/c1-2-7-11(18-17-16-7)10(15)5-3-4-6(12)9(14)8(5)13/h3-4,10H,2,15H2,1H3. The van der Waals surface area contributed by atoms with Gasteiger partial charge in [-0.3, -0.25) is 0 Å². The predicted molar refractivity (Wildman–Crippen MR) is 61.6 cm³/mol. The van der Waals surface area contributed by atoms with E-state index in [1.807, 2.05) is 6.92 Å². The molecule has 0 spiro atoms.